The lowest BCUT2D eigenvalue weighted by atomic mass is 10.0. The van der Waals surface area contributed by atoms with Gasteiger partial charge in [0.15, 0.2) is 6.04 Å². The van der Waals surface area contributed by atoms with Crippen LogP contribution in [0, 0.1) is 0 Å². The predicted molar refractivity (Wildman–Crippen MR) is 108 cm³/mol. The first-order valence-electron chi connectivity index (χ1n) is 9.37. The van der Waals surface area contributed by atoms with Gasteiger partial charge in [0.05, 0.1) is 5.54 Å². The van der Waals surface area contributed by atoms with E-state index >= 15 is 0 Å². The van der Waals surface area contributed by atoms with Crippen LogP contribution >= 0.6 is 0 Å². The molecule has 1 heterocycles. The van der Waals surface area contributed by atoms with Gasteiger partial charge in [0.25, 0.3) is 0 Å². The van der Waals surface area contributed by atoms with Gasteiger partial charge in [-0.3, -0.25) is 4.79 Å². The number of hydrogen-bond donors (Lipinski definition) is 6. The van der Waals surface area contributed by atoms with Gasteiger partial charge in [-0.15, -0.1) is 0 Å². The van der Waals surface area contributed by atoms with E-state index in [9.17, 15) is 19.5 Å². The topological polar surface area (TPSA) is 175 Å². The van der Waals surface area contributed by atoms with Gasteiger partial charge in [0.2, 0.25) is 5.91 Å². The van der Waals surface area contributed by atoms with E-state index in [0.29, 0.717) is 0 Å². The van der Waals surface area contributed by atoms with E-state index in [0.717, 1.165) is 16.5 Å². The van der Waals surface area contributed by atoms with Gasteiger partial charge in [-0.05, 0) is 32.4 Å². The molecule has 0 aliphatic carbocycles. The number of nitrogens with one attached hydrogen (secondary N) is 2. The van der Waals surface area contributed by atoms with Gasteiger partial charge >= 0.3 is 11.9 Å². The third-order valence-electron chi connectivity index (χ3n) is 3.80. The van der Waals surface area contributed by atoms with Crippen LogP contribution in [0.5, 0.6) is 0 Å². The number of carboxylic acid groups (broad SMARTS) is 2. The quantitative estimate of drug-likeness (QED) is 0.353. The summed E-state index contributed by atoms with van der Waals surface area (Å²) in [5.41, 5.74) is 9.12. The monoisotopic (exact) mass is 408 g/mol. The highest BCUT2D eigenvalue weighted by Crippen LogP contribution is 2.19. The number of amides is 1. The highest BCUT2D eigenvalue weighted by Gasteiger charge is 2.23. The van der Waals surface area contributed by atoms with Crippen molar-refractivity contribution >= 4 is 28.7 Å². The van der Waals surface area contributed by atoms with E-state index in [4.69, 9.17) is 5.11 Å². The van der Waals surface area contributed by atoms with Crippen molar-refractivity contribution in [3.05, 3.63) is 36.0 Å². The number of benzene rings is 1. The molecule has 1 amide bonds. The lowest BCUT2D eigenvalue weighted by Gasteiger charge is -2.14. The lowest BCUT2D eigenvalue weighted by molar-refractivity contribution is -0.458. The number of carboxylic acids is 2. The SMILES string of the molecule is CC(C)(C)[NH3+].[NH3+][C@H](CCC(=O)N[C@H](Cc1c[nH]c2ccccc12)C(=O)O)C(=O)O. The van der Waals surface area contributed by atoms with Gasteiger partial charge in [-0.2, -0.15) is 0 Å². The molecule has 2 rings (SSSR count). The van der Waals surface area contributed by atoms with E-state index in [1.54, 1.807) is 6.20 Å². The fourth-order valence-corrected chi connectivity index (χ4v) is 2.42. The van der Waals surface area contributed by atoms with Crippen LogP contribution in [-0.2, 0) is 20.8 Å². The second kappa shape index (κ2) is 10.6. The maximum absolute atomic E-state index is 11.9. The number of aliphatic carboxylic acids is 2. The number of aromatic nitrogens is 1. The van der Waals surface area contributed by atoms with E-state index in [1.165, 1.54) is 0 Å². The van der Waals surface area contributed by atoms with Crippen LogP contribution in [0.1, 0.15) is 39.2 Å². The number of quaternary nitrogens is 2. The third-order valence-corrected chi connectivity index (χ3v) is 3.80. The van der Waals surface area contributed by atoms with E-state index in [1.807, 2.05) is 24.3 Å². The van der Waals surface area contributed by atoms with Crippen LogP contribution in [0.15, 0.2) is 30.5 Å². The molecule has 0 fully saturated rings. The van der Waals surface area contributed by atoms with Gasteiger partial charge in [-0.25, -0.2) is 9.59 Å². The molecule has 2 aromatic rings. The van der Waals surface area contributed by atoms with Crippen LogP contribution < -0.4 is 16.8 Å². The molecule has 160 valence electrons. The number of carbonyl (C=O) groups is 3. The van der Waals surface area contributed by atoms with Gasteiger partial charge in [0.1, 0.15) is 6.04 Å². The molecule has 0 radical (unpaired) electrons. The molecule has 0 spiro atoms. The van der Waals surface area contributed by atoms with E-state index in [-0.39, 0.29) is 24.8 Å². The number of hydrogen-bond acceptors (Lipinski definition) is 3. The Kier molecular flexibility index (Phi) is 8.81. The van der Waals surface area contributed by atoms with Crippen LogP contribution in [0.2, 0.25) is 0 Å². The van der Waals surface area contributed by atoms with Crippen molar-refractivity contribution in [2.75, 3.05) is 0 Å². The first kappa shape index (κ1) is 24.1. The summed E-state index contributed by atoms with van der Waals surface area (Å²) in [5.74, 6) is -2.73. The number of fused-ring (bicyclic) bond motifs is 1. The Morgan fingerprint density at radius 2 is 1.72 bits per heavy atom. The van der Waals surface area contributed by atoms with Crippen LogP contribution in [0.25, 0.3) is 10.9 Å². The van der Waals surface area contributed by atoms with Gasteiger partial charge in [0, 0.05) is 36.4 Å². The minimum absolute atomic E-state index is 0.0561. The van der Waals surface area contributed by atoms with E-state index in [2.05, 4.69) is 42.5 Å². The summed E-state index contributed by atoms with van der Waals surface area (Å²) in [6, 6.07) is 5.51. The molecule has 10 N–H and O–H groups in total. The molecule has 1 aromatic heterocycles. The minimum atomic E-state index is -1.14. The van der Waals surface area contributed by atoms with Gasteiger partial charge in [-0.1, -0.05) is 18.2 Å². The number of carbonyl (C=O) groups excluding carboxylic acids is 1. The first-order valence-corrected chi connectivity index (χ1v) is 9.37. The number of aromatic amines is 1. The average molecular weight is 408 g/mol. The van der Waals surface area contributed by atoms with Crippen LogP contribution in [0.4, 0.5) is 0 Å². The van der Waals surface area contributed by atoms with E-state index < -0.39 is 29.9 Å². The van der Waals surface area contributed by atoms with Crippen molar-refractivity contribution in [2.24, 2.45) is 0 Å². The van der Waals surface area contributed by atoms with Crippen molar-refractivity contribution in [1.82, 2.24) is 10.3 Å². The lowest BCUT2D eigenvalue weighted by Crippen LogP contribution is -2.67. The first-order chi connectivity index (χ1) is 13.4. The normalized spacial score (nSPS) is 13.1. The number of rotatable bonds is 8. The fourth-order valence-electron chi connectivity index (χ4n) is 2.42. The Bertz CT molecular complexity index is 835. The highest BCUT2D eigenvalue weighted by molar-refractivity contribution is 5.87. The molecule has 0 unspecified atom stereocenters. The van der Waals surface area contributed by atoms with Crippen molar-refractivity contribution in [2.45, 2.75) is 57.7 Å². The van der Waals surface area contributed by atoms with Crippen molar-refractivity contribution in [3.63, 3.8) is 0 Å². The molecule has 29 heavy (non-hydrogen) atoms. The number of H-pyrrole nitrogens is 1. The fraction of sp³-hybridized carbons (Fsp3) is 0.450. The summed E-state index contributed by atoms with van der Waals surface area (Å²) in [5, 5.41) is 21.4. The summed E-state index contributed by atoms with van der Waals surface area (Å²) in [4.78, 5) is 37.0. The summed E-state index contributed by atoms with van der Waals surface area (Å²) in [7, 11) is 0. The summed E-state index contributed by atoms with van der Waals surface area (Å²) in [6.07, 6.45) is 1.83. The van der Waals surface area contributed by atoms with Crippen LogP contribution in [0.3, 0.4) is 0 Å². The molecular formula is C20H32N4O5+2. The molecule has 9 heteroatoms. The molecular weight excluding hydrogens is 376 g/mol. The summed E-state index contributed by atoms with van der Waals surface area (Å²) in [6.45, 7) is 6.23. The predicted octanol–water partition coefficient (Wildman–Crippen LogP) is -0.218. The largest absolute Gasteiger partial charge is 0.480 e. The second-order valence-corrected chi connectivity index (χ2v) is 8.16. The summed E-state index contributed by atoms with van der Waals surface area (Å²) < 4.78 is 0. The van der Waals surface area contributed by atoms with Gasteiger partial charge < -0.3 is 32.0 Å². The smallest absolute Gasteiger partial charge is 0.362 e. The standard InChI is InChI=1S/C16H19N3O5.C4H11N/c17-11(15(21)22)5-6-14(20)19-13(16(23)24)7-9-8-18-12-4-2-1-3-10(9)12;1-4(2,3)5/h1-4,8,11,13,18H,5-7,17H2,(H,19,20)(H,21,22)(H,23,24);5H2,1-3H3/p+2/t11-,13-;/m1./s1. The van der Waals surface area contributed by atoms with Crippen molar-refractivity contribution < 1.29 is 36.1 Å². The summed E-state index contributed by atoms with van der Waals surface area (Å²) >= 11 is 0. The second-order valence-electron chi connectivity index (χ2n) is 8.16. The number of para-hydroxylation sites is 1. The molecule has 0 bridgehead atoms. The molecule has 0 aliphatic rings. The van der Waals surface area contributed by atoms with Crippen molar-refractivity contribution in [3.8, 4) is 0 Å². The maximum atomic E-state index is 11.9. The van der Waals surface area contributed by atoms with Crippen molar-refractivity contribution in [1.29, 1.82) is 0 Å². The molecule has 9 nitrogen and oxygen atoms in total. The zero-order chi connectivity index (χ0) is 22.2. The molecule has 0 saturated carbocycles. The zero-order valence-corrected chi connectivity index (χ0v) is 17.2. The zero-order valence-electron chi connectivity index (χ0n) is 17.2. The maximum Gasteiger partial charge on any atom is 0.362 e. The van der Waals surface area contributed by atoms with Crippen LogP contribution in [-0.4, -0.2) is 50.7 Å². The molecule has 2 atom stereocenters. The Labute approximate surface area is 169 Å². The Morgan fingerprint density at radius 1 is 1.14 bits per heavy atom. The molecule has 0 saturated heterocycles. The minimum Gasteiger partial charge on any atom is -0.480 e. The highest BCUT2D eigenvalue weighted by atomic mass is 16.4. The Hall–Kier alpha value is -2.91. The Morgan fingerprint density at radius 3 is 2.28 bits per heavy atom. The Balaban J connectivity index is 0.000000749. The molecule has 0 aliphatic heterocycles. The average Bonchev–Trinajstić information content (AvgIpc) is 3.00. The third kappa shape index (κ3) is 9.22. The molecule has 1 aromatic carbocycles.